The molecule has 0 heterocycles. The molecule has 0 fully saturated rings. The fourth-order valence-corrected chi connectivity index (χ4v) is 1.75. The van der Waals surface area contributed by atoms with Gasteiger partial charge in [-0.15, -0.1) is 0 Å². The van der Waals surface area contributed by atoms with Crippen LogP contribution in [0.3, 0.4) is 0 Å². The highest BCUT2D eigenvalue weighted by molar-refractivity contribution is 6.30. The normalized spacial score (nSPS) is 11.7. The molecule has 1 rings (SSSR count). The molecular formula is C14H18ClN3O3. The van der Waals surface area contributed by atoms with E-state index in [0.29, 0.717) is 10.6 Å². The molecule has 3 amide bonds. The maximum absolute atomic E-state index is 11.9. The van der Waals surface area contributed by atoms with Gasteiger partial charge in [-0.05, 0) is 30.2 Å². The largest absolute Gasteiger partial charge is 0.344 e. The van der Waals surface area contributed by atoms with Crippen molar-refractivity contribution in [3.63, 3.8) is 0 Å². The molecule has 0 aliphatic rings. The Labute approximate surface area is 128 Å². The minimum absolute atomic E-state index is 0.110. The molecule has 0 aromatic heterocycles. The number of nitrogens with one attached hydrogen (secondary N) is 3. The summed E-state index contributed by atoms with van der Waals surface area (Å²) in [4.78, 5) is 34.8. The van der Waals surface area contributed by atoms with Crippen LogP contribution in [-0.4, -0.2) is 23.8 Å². The summed E-state index contributed by atoms with van der Waals surface area (Å²) in [5.74, 6) is -1.37. The van der Waals surface area contributed by atoms with Gasteiger partial charge in [-0.25, -0.2) is 0 Å². The number of hydrogen-bond donors (Lipinski definition) is 3. The first-order valence-electron chi connectivity index (χ1n) is 6.44. The zero-order valence-corrected chi connectivity index (χ0v) is 12.8. The van der Waals surface area contributed by atoms with E-state index in [9.17, 15) is 14.4 Å². The van der Waals surface area contributed by atoms with Crippen LogP contribution < -0.4 is 16.2 Å². The Kier molecular flexibility index (Phi) is 6.17. The Hall–Kier alpha value is -2.08. The maximum atomic E-state index is 11.9. The number of halogens is 1. The van der Waals surface area contributed by atoms with Crippen LogP contribution in [0.15, 0.2) is 24.3 Å². The lowest BCUT2D eigenvalue weighted by atomic mass is 10.0. The second-order valence-electron chi connectivity index (χ2n) is 4.87. The third kappa shape index (κ3) is 5.43. The van der Waals surface area contributed by atoms with Gasteiger partial charge in [0.15, 0.2) is 0 Å². The molecule has 1 atom stereocenters. The average Bonchev–Trinajstić information content (AvgIpc) is 2.42. The van der Waals surface area contributed by atoms with E-state index >= 15 is 0 Å². The zero-order valence-electron chi connectivity index (χ0n) is 12.1. The van der Waals surface area contributed by atoms with Crippen LogP contribution in [0.5, 0.6) is 0 Å². The highest BCUT2D eigenvalue weighted by Crippen LogP contribution is 2.09. The summed E-state index contributed by atoms with van der Waals surface area (Å²) >= 11 is 5.73. The Balaban J connectivity index is 2.60. The second-order valence-corrected chi connectivity index (χ2v) is 5.31. The first-order chi connectivity index (χ1) is 9.81. The van der Waals surface area contributed by atoms with Gasteiger partial charge in [0.2, 0.25) is 5.91 Å². The minimum Gasteiger partial charge on any atom is -0.344 e. The Morgan fingerprint density at radius 1 is 1.05 bits per heavy atom. The fourth-order valence-electron chi connectivity index (χ4n) is 1.62. The molecule has 21 heavy (non-hydrogen) atoms. The van der Waals surface area contributed by atoms with Crippen molar-refractivity contribution in [2.24, 2.45) is 5.92 Å². The number of hydrazine groups is 1. The SMILES string of the molecule is CC(=O)NC(C(=O)NNC(=O)c1ccc(Cl)cc1)C(C)C. The van der Waals surface area contributed by atoms with Gasteiger partial charge in [0.25, 0.3) is 11.8 Å². The van der Waals surface area contributed by atoms with Crippen molar-refractivity contribution < 1.29 is 14.4 Å². The Bertz CT molecular complexity index is 529. The van der Waals surface area contributed by atoms with E-state index in [-0.39, 0.29) is 11.8 Å². The van der Waals surface area contributed by atoms with Crippen LogP contribution in [0.25, 0.3) is 0 Å². The van der Waals surface area contributed by atoms with Crippen LogP contribution in [0.2, 0.25) is 5.02 Å². The lowest BCUT2D eigenvalue weighted by Crippen LogP contribution is -2.54. The van der Waals surface area contributed by atoms with Crippen LogP contribution in [0.4, 0.5) is 0 Å². The van der Waals surface area contributed by atoms with Crippen molar-refractivity contribution in [1.29, 1.82) is 0 Å². The van der Waals surface area contributed by atoms with Crippen molar-refractivity contribution in [2.75, 3.05) is 0 Å². The summed E-state index contributed by atoms with van der Waals surface area (Å²) in [5.41, 5.74) is 4.95. The lowest BCUT2D eigenvalue weighted by molar-refractivity contribution is -0.129. The number of carbonyl (C=O) groups is 3. The summed E-state index contributed by atoms with van der Waals surface area (Å²) in [6, 6.07) is 5.52. The molecular weight excluding hydrogens is 294 g/mol. The van der Waals surface area contributed by atoms with Gasteiger partial charge >= 0.3 is 0 Å². The minimum atomic E-state index is -0.715. The highest BCUT2D eigenvalue weighted by Gasteiger charge is 2.23. The summed E-state index contributed by atoms with van der Waals surface area (Å²) < 4.78 is 0. The van der Waals surface area contributed by atoms with Gasteiger partial charge in [-0.2, -0.15) is 0 Å². The van der Waals surface area contributed by atoms with Gasteiger partial charge in [-0.3, -0.25) is 25.2 Å². The van der Waals surface area contributed by atoms with E-state index in [1.54, 1.807) is 26.0 Å². The zero-order chi connectivity index (χ0) is 16.0. The number of rotatable bonds is 4. The van der Waals surface area contributed by atoms with Crippen LogP contribution in [-0.2, 0) is 9.59 Å². The Morgan fingerprint density at radius 3 is 2.10 bits per heavy atom. The van der Waals surface area contributed by atoms with Crippen LogP contribution >= 0.6 is 11.6 Å². The van der Waals surface area contributed by atoms with E-state index in [2.05, 4.69) is 16.2 Å². The van der Waals surface area contributed by atoms with Crippen molar-refractivity contribution in [3.05, 3.63) is 34.9 Å². The number of hydrogen-bond acceptors (Lipinski definition) is 3. The molecule has 0 aliphatic carbocycles. The van der Waals surface area contributed by atoms with Gasteiger partial charge in [0.05, 0.1) is 0 Å². The second kappa shape index (κ2) is 7.64. The van der Waals surface area contributed by atoms with E-state index in [1.807, 2.05) is 0 Å². The topological polar surface area (TPSA) is 87.3 Å². The van der Waals surface area contributed by atoms with E-state index in [4.69, 9.17) is 11.6 Å². The molecule has 0 aliphatic heterocycles. The number of carbonyl (C=O) groups excluding carboxylic acids is 3. The van der Waals surface area contributed by atoms with Gasteiger partial charge < -0.3 is 5.32 Å². The molecule has 0 radical (unpaired) electrons. The molecule has 6 nitrogen and oxygen atoms in total. The molecule has 0 spiro atoms. The summed E-state index contributed by atoms with van der Waals surface area (Å²) in [6.07, 6.45) is 0. The highest BCUT2D eigenvalue weighted by atomic mass is 35.5. The molecule has 7 heteroatoms. The first-order valence-corrected chi connectivity index (χ1v) is 6.82. The molecule has 3 N–H and O–H groups in total. The molecule has 0 bridgehead atoms. The fraction of sp³-hybridized carbons (Fsp3) is 0.357. The Morgan fingerprint density at radius 2 is 1.62 bits per heavy atom. The predicted octanol–water partition coefficient (Wildman–Crippen LogP) is 1.26. The van der Waals surface area contributed by atoms with E-state index in [1.165, 1.54) is 19.1 Å². The van der Waals surface area contributed by atoms with E-state index < -0.39 is 17.9 Å². The third-order valence-electron chi connectivity index (χ3n) is 2.71. The molecule has 114 valence electrons. The molecule has 0 saturated heterocycles. The molecule has 0 saturated carbocycles. The molecule has 1 aromatic carbocycles. The van der Waals surface area contributed by atoms with Gasteiger partial charge in [-0.1, -0.05) is 25.4 Å². The van der Waals surface area contributed by atoms with E-state index in [0.717, 1.165) is 0 Å². The quantitative estimate of drug-likeness (QED) is 0.732. The maximum Gasteiger partial charge on any atom is 0.269 e. The predicted molar refractivity (Wildman–Crippen MR) is 79.5 cm³/mol. The first kappa shape index (κ1) is 17.0. The smallest absolute Gasteiger partial charge is 0.269 e. The lowest BCUT2D eigenvalue weighted by Gasteiger charge is -2.21. The van der Waals surface area contributed by atoms with Gasteiger partial charge in [0, 0.05) is 17.5 Å². The number of benzene rings is 1. The third-order valence-corrected chi connectivity index (χ3v) is 2.97. The summed E-state index contributed by atoms with van der Waals surface area (Å²) in [7, 11) is 0. The molecule has 1 aromatic rings. The standard InChI is InChI=1S/C14H18ClN3O3/c1-8(2)12(16-9(3)19)14(21)18-17-13(20)10-4-6-11(15)7-5-10/h4-8,12H,1-3H3,(H,16,19)(H,17,20)(H,18,21). The van der Waals surface area contributed by atoms with Crippen LogP contribution in [0, 0.1) is 5.92 Å². The van der Waals surface area contributed by atoms with Gasteiger partial charge in [0.1, 0.15) is 6.04 Å². The summed E-state index contributed by atoms with van der Waals surface area (Å²) in [5, 5.41) is 3.05. The van der Waals surface area contributed by atoms with Crippen molar-refractivity contribution in [2.45, 2.75) is 26.8 Å². The average molecular weight is 312 g/mol. The van der Waals surface area contributed by atoms with Crippen molar-refractivity contribution in [1.82, 2.24) is 16.2 Å². The molecule has 1 unspecified atom stereocenters. The number of amides is 3. The van der Waals surface area contributed by atoms with Crippen molar-refractivity contribution in [3.8, 4) is 0 Å². The van der Waals surface area contributed by atoms with Crippen LogP contribution in [0.1, 0.15) is 31.1 Å². The summed E-state index contributed by atoms with van der Waals surface area (Å²) in [6.45, 7) is 4.91. The van der Waals surface area contributed by atoms with Crippen molar-refractivity contribution >= 4 is 29.3 Å². The monoisotopic (exact) mass is 311 g/mol.